The normalized spacial score (nSPS) is 18.6. The fourth-order valence-corrected chi connectivity index (χ4v) is 5.68. The second kappa shape index (κ2) is 11.8. The van der Waals surface area contributed by atoms with Gasteiger partial charge in [0.05, 0.1) is 16.6 Å². The van der Waals surface area contributed by atoms with Crippen LogP contribution >= 0.6 is 0 Å². The Morgan fingerprint density at radius 2 is 1.73 bits per heavy atom. The SMILES string of the molecule is CC(C)(C)/C=C/c1ccc2nc(NCc3ccc(C(F)(F)F)cc3)cc(C(=O)N3CCC[C@H]3CN3CCCC3)c2c1. The van der Waals surface area contributed by atoms with Gasteiger partial charge >= 0.3 is 6.18 Å². The van der Waals surface area contributed by atoms with Crippen LogP contribution in [0.3, 0.4) is 0 Å². The van der Waals surface area contributed by atoms with E-state index in [1.165, 1.54) is 25.0 Å². The van der Waals surface area contributed by atoms with E-state index in [-0.39, 0.29) is 23.9 Å². The molecule has 0 radical (unpaired) electrons. The van der Waals surface area contributed by atoms with E-state index in [4.69, 9.17) is 4.98 Å². The number of aromatic nitrogens is 1. The Balaban J connectivity index is 1.45. The number of nitrogens with zero attached hydrogens (tertiary/aromatic N) is 3. The first-order valence-corrected chi connectivity index (χ1v) is 14.5. The summed E-state index contributed by atoms with van der Waals surface area (Å²) < 4.78 is 38.9. The number of hydrogen-bond donors (Lipinski definition) is 1. The number of carbonyl (C=O) groups is 1. The van der Waals surface area contributed by atoms with Gasteiger partial charge in [0.2, 0.25) is 0 Å². The first-order valence-electron chi connectivity index (χ1n) is 14.5. The fraction of sp³-hybridized carbons (Fsp3) is 0.455. The zero-order valence-corrected chi connectivity index (χ0v) is 24.1. The highest BCUT2D eigenvalue weighted by atomic mass is 19.4. The number of pyridine rings is 1. The third-order valence-electron chi connectivity index (χ3n) is 7.90. The lowest BCUT2D eigenvalue weighted by Gasteiger charge is -2.29. The molecule has 3 aromatic rings. The summed E-state index contributed by atoms with van der Waals surface area (Å²) in [5.41, 5.74) is 2.35. The smallest absolute Gasteiger partial charge is 0.366 e. The maximum Gasteiger partial charge on any atom is 0.416 e. The van der Waals surface area contributed by atoms with Crippen molar-refractivity contribution in [3.63, 3.8) is 0 Å². The molecule has 41 heavy (non-hydrogen) atoms. The molecule has 1 aromatic heterocycles. The largest absolute Gasteiger partial charge is 0.416 e. The van der Waals surface area contributed by atoms with Gasteiger partial charge in [-0.3, -0.25) is 4.79 Å². The van der Waals surface area contributed by atoms with Gasteiger partial charge in [-0.05, 0) is 85.6 Å². The highest BCUT2D eigenvalue weighted by Gasteiger charge is 2.33. The van der Waals surface area contributed by atoms with Crippen molar-refractivity contribution in [2.75, 3.05) is 31.5 Å². The van der Waals surface area contributed by atoms with Crippen molar-refractivity contribution in [2.24, 2.45) is 5.41 Å². The molecule has 3 heterocycles. The van der Waals surface area contributed by atoms with E-state index >= 15 is 0 Å². The third kappa shape index (κ3) is 7.28. The molecule has 8 heteroatoms. The van der Waals surface area contributed by atoms with Crippen LogP contribution < -0.4 is 5.32 Å². The highest BCUT2D eigenvalue weighted by Crippen LogP contribution is 2.31. The number of nitrogens with one attached hydrogen (secondary N) is 1. The van der Waals surface area contributed by atoms with E-state index < -0.39 is 11.7 Å². The van der Waals surface area contributed by atoms with Crippen molar-refractivity contribution in [3.8, 4) is 0 Å². The molecule has 2 saturated heterocycles. The number of allylic oxidation sites excluding steroid dienone is 1. The summed E-state index contributed by atoms with van der Waals surface area (Å²) >= 11 is 0. The zero-order valence-electron chi connectivity index (χ0n) is 24.1. The van der Waals surface area contributed by atoms with Crippen LogP contribution in [0, 0.1) is 5.41 Å². The molecule has 1 N–H and O–H groups in total. The van der Waals surface area contributed by atoms with E-state index in [1.807, 2.05) is 23.1 Å². The minimum Gasteiger partial charge on any atom is -0.366 e. The van der Waals surface area contributed by atoms with Crippen LogP contribution in [-0.2, 0) is 12.7 Å². The van der Waals surface area contributed by atoms with Crippen molar-refractivity contribution in [3.05, 3.63) is 76.9 Å². The molecular formula is C33H39F3N4O. The minimum absolute atomic E-state index is 0.00799. The summed E-state index contributed by atoms with van der Waals surface area (Å²) in [7, 11) is 0. The zero-order chi connectivity index (χ0) is 29.2. The molecule has 0 aliphatic carbocycles. The van der Waals surface area contributed by atoms with Gasteiger partial charge in [-0.2, -0.15) is 13.2 Å². The standard InChI is InChI=1S/C33H39F3N4O/c1-32(2,3)15-14-23-10-13-29-27(19-23)28(31(41)40-18-6-7-26(40)22-39-16-4-5-17-39)20-30(38-29)37-21-24-8-11-25(12-9-24)33(34,35)36/h8-15,19-20,26H,4-7,16-18,21-22H2,1-3H3,(H,37,38)/b15-14+/t26-/m0/s1. The first-order chi connectivity index (χ1) is 19.5. The van der Waals surface area contributed by atoms with Crippen molar-refractivity contribution >= 4 is 28.7 Å². The second-order valence-corrected chi connectivity index (χ2v) is 12.4. The average molecular weight is 565 g/mol. The van der Waals surface area contributed by atoms with Crippen molar-refractivity contribution in [2.45, 2.75) is 65.2 Å². The number of hydrogen-bond acceptors (Lipinski definition) is 4. The van der Waals surface area contributed by atoms with Gasteiger partial charge in [0.15, 0.2) is 0 Å². The van der Waals surface area contributed by atoms with Gasteiger partial charge < -0.3 is 15.1 Å². The van der Waals surface area contributed by atoms with Crippen LogP contribution in [0.4, 0.5) is 19.0 Å². The maximum atomic E-state index is 14.2. The molecule has 218 valence electrons. The summed E-state index contributed by atoms with van der Waals surface area (Å²) in [5, 5.41) is 4.05. The molecule has 2 fully saturated rings. The number of likely N-dealkylation sites (tertiary alicyclic amines) is 2. The quantitative estimate of drug-likeness (QED) is 0.321. The number of halogens is 3. The molecule has 0 saturated carbocycles. The van der Waals surface area contributed by atoms with Crippen LogP contribution in [0.5, 0.6) is 0 Å². The van der Waals surface area contributed by atoms with E-state index in [9.17, 15) is 18.0 Å². The summed E-state index contributed by atoms with van der Waals surface area (Å²) in [6.45, 7) is 10.6. The number of fused-ring (bicyclic) bond motifs is 1. The molecule has 1 atom stereocenters. The predicted molar refractivity (Wildman–Crippen MR) is 159 cm³/mol. The van der Waals surface area contributed by atoms with Crippen LogP contribution in [0.2, 0.25) is 0 Å². The van der Waals surface area contributed by atoms with Gasteiger partial charge in [-0.1, -0.05) is 51.1 Å². The molecule has 2 aliphatic rings. The van der Waals surface area contributed by atoms with Gasteiger partial charge in [-0.25, -0.2) is 4.98 Å². The molecule has 0 unspecified atom stereocenters. The Morgan fingerprint density at radius 3 is 2.41 bits per heavy atom. The number of benzene rings is 2. The Labute approximate surface area is 240 Å². The number of alkyl halides is 3. The molecule has 0 spiro atoms. The van der Waals surface area contributed by atoms with Crippen molar-refractivity contribution < 1.29 is 18.0 Å². The molecule has 5 nitrogen and oxygen atoms in total. The molecule has 5 rings (SSSR count). The van der Waals surface area contributed by atoms with Crippen LogP contribution in [-0.4, -0.2) is 52.9 Å². The monoisotopic (exact) mass is 564 g/mol. The van der Waals surface area contributed by atoms with Crippen molar-refractivity contribution in [1.82, 2.24) is 14.8 Å². The van der Waals surface area contributed by atoms with Crippen LogP contribution in [0.25, 0.3) is 17.0 Å². The highest BCUT2D eigenvalue weighted by molar-refractivity contribution is 6.07. The van der Waals surface area contributed by atoms with Gasteiger partial charge in [-0.15, -0.1) is 0 Å². The van der Waals surface area contributed by atoms with E-state index in [1.54, 1.807) is 6.07 Å². The Bertz CT molecular complexity index is 1400. The Kier molecular flexibility index (Phi) is 8.41. The summed E-state index contributed by atoms with van der Waals surface area (Å²) in [4.78, 5) is 23.4. The Morgan fingerprint density at radius 1 is 1.00 bits per heavy atom. The van der Waals surface area contributed by atoms with Crippen molar-refractivity contribution in [1.29, 1.82) is 0 Å². The van der Waals surface area contributed by atoms with E-state index in [2.05, 4.69) is 43.1 Å². The third-order valence-corrected chi connectivity index (χ3v) is 7.90. The molecule has 0 bridgehead atoms. The minimum atomic E-state index is -4.37. The summed E-state index contributed by atoms with van der Waals surface area (Å²) in [6.07, 6.45) is 4.29. The first kappa shape index (κ1) is 29.1. The fourth-order valence-electron chi connectivity index (χ4n) is 5.68. The average Bonchev–Trinajstić information content (AvgIpc) is 3.62. The number of amides is 1. The lowest BCUT2D eigenvalue weighted by atomic mass is 9.95. The maximum absolute atomic E-state index is 14.2. The topological polar surface area (TPSA) is 48.5 Å². The number of rotatable bonds is 7. The summed E-state index contributed by atoms with van der Waals surface area (Å²) in [6, 6.07) is 13.0. The molecular weight excluding hydrogens is 525 g/mol. The molecule has 2 aliphatic heterocycles. The van der Waals surface area contributed by atoms with E-state index in [0.717, 1.165) is 62.1 Å². The molecule has 2 aromatic carbocycles. The van der Waals surface area contributed by atoms with Crippen LogP contribution in [0.15, 0.2) is 54.6 Å². The van der Waals surface area contributed by atoms with Gasteiger partial charge in [0, 0.05) is 31.1 Å². The van der Waals surface area contributed by atoms with Gasteiger partial charge in [0.1, 0.15) is 5.82 Å². The molecule has 1 amide bonds. The Hall–Kier alpha value is -3.39. The lowest BCUT2D eigenvalue weighted by Crippen LogP contribution is -2.42. The van der Waals surface area contributed by atoms with Gasteiger partial charge in [0.25, 0.3) is 5.91 Å². The predicted octanol–water partition coefficient (Wildman–Crippen LogP) is 7.63. The second-order valence-electron chi connectivity index (χ2n) is 12.4. The van der Waals surface area contributed by atoms with E-state index in [0.29, 0.717) is 22.5 Å². The summed E-state index contributed by atoms with van der Waals surface area (Å²) in [5.74, 6) is 0.530. The lowest BCUT2D eigenvalue weighted by molar-refractivity contribution is -0.137. The number of anilines is 1. The number of carbonyl (C=O) groups excluding carboxylic acids is 1. The van der Waals surface area contributed by atoms with Crippen LogP contribution in [0.1, 0.15) is 73.5 Å².